The van der Waals surface area contributed by atoms with Crippen LogP contribution in [-0.4, -0.2) is 37.1 Å². The predicted octanol–water partition coefficient (Wildman–Crippen LogP) is 0.834. The molecule has 2 N–H and O–H groups in total. The summed E-state index contributed by atoms with van der Waals surface area (Å²) >= 11 is 0. The van der Waals surface area contributed by atoms with E-state index in [-0.39, 0.29) is 17.3 Å². The second kappa shape index (κ2) is 5.39. The van der Waals surface area contributed by atoms with Crippen LogP contribution in [0.4, 0.5) is 5.95 Å². The van der Waals surface area contributed by atoms with Crippen molar-refractivity contribution in [2.45, 2.75) is 13.8 Å². The van der Waals surface area contributed by atoms with E-state index in [9.17, 15) is 9.59 Å². The zero-order chi connectivity index (χ0) is 14.7. The highest BCUT2D eigenvalue weighted by Crippen LogP contribution is 2.05. The Kier molecular flexibility index (Phi) is 3.65. The fourth-order valence-electron chi connectivity index (χ4n) is 1.36. The maximum atomic E-state index is 11.9. The van der Waals surface area contributed by atoms with Gasteiger partial charge in [-0.2, -0.15) is 5.10 Å². The summed E-state index contributed by atoms with van der Waals surface area (Å²) in [5, 5.41) is 18.8. The quantitative estimate of drug-likeness (QED) is 0.850. The number of carbonyl (C=O) groups excluding carboxylic acids is 1. The third kappa shape index (κ3) is 2.91. The molecule has 0 atom stereocenters. The maximum Gasteiger partial charge on any atom is 0.354 e. The zero-order valence-electron chi connectivity index (χ0n) is 10.8. The molecule has 0 bridgehead atoms. The standard InChI is InChI=1S/C12H11N5O3/c1-6-7(2)16-17-12(13-6)15-10(18)8-4-3-5-9(14-8)11(19)20/h3-5H,1-2H3,(H,19,20)(H,13,15,17,18). The first-order chi connectivity index (χ1) is 9.47. The van der Waals surface area contributed by atoms with Crippen molar-refractivity contribution in [1.29, 1.82) is 0 Å². The molecule has 0 saturated heterocycles. The van der Waals surface area contributed by atoms with Crippen LogP contribution in [0.3, 0.4) is 0 Å². The second-order valence-corrected chi connectivity index (χ2v) is 3.97. The van der Waals surface area contributed by atoms with Gasteiger partial charge in [-0.1, -0.05) is 6.07 Å². The lowest BCUT2D eigenvalue weighted by Gasteiger charge is -2.04. The van der Waals surface area contributed by atoms with Crippen molar-refractivity contribution in [2.75, 3.05) is 5.32 Å². The van der Waals surface area contributed by atoms with Crippen molar-refractivity contribution in [3.63, 3.8) is 0 Å². The Balaban J connectivity index is 2.21. The molecule has 2 aromatic rings. The van der Waals surface area contributed by atoms with Gasteiger partial charge in [0.15, 0.2) is 0 Å². The van der Waals surface area contributed by atoms with Crippen molar-refractivity contribution >= 4 is 17.8 Å². The first-order valence-corrected chi connectivity index (χ1v) is 5.67. The number of carbonyl (C=O) groups is 2. The van der Waals surface area contributed by atoms with E-state index < -0.39 is 11.9 Å². The number of hydrogen-bond donors (Lipinski definition) is 2. The monoisotopic (exact) mass is 273 g/mol. The van der Waals surface area contributed by atoms with Gasteiger partial charge < -0.3 is 5.11 Å². The van der Waals surface area contributed by atoms with Crippen LogP contribution >= 0.6 is 0 Å². The van der Waals surface area contributed by atoms with Crippen molar-refractivity contribution in [1.82, 2.24) is 20.2 Å². The van der Waals surface area contributed by atoms with Crippen molar-refractivity contribution in [2.24, 2.45) is 0 Å². The van der Waals surface area contributed by atoms with Crippen LogP contribution in [-0.2, 0) is 0 Å². The predicted molar refractivity (Wildman–Crippen MR) is 68.5 cm³/mol. The molecule has 20 heavy (non-hydrogen) atoms. The first-order valence-electron chi connectivity index (χ1n) is 5.67. The van der Waals surface area contributed by atoms with Crippen molar-refractivity contribution < 1.29 is 14.7 Å². The van der Waals surface area contributed by atoms with E-state index in [1.165, 1.54) is 18.2 Å². The van der Waals surface area contributed by atoms with E-state index in [1.807, 2.05) is 0 Å². The molecule has 0 spiro atoms. The molecule has 8 heteroatoms. The lowest BCUT2D eigenvalue weighted by atomic mass is 10.3. The highest BCUT2D eigenvalue weighted by molar-refractivity contribution is 6.02. The lowest BCUT2D eigenvalue weighted by Crippen LogP contribution is -2.18. The molecule has 0 aliphatic carbocycles. The first kappa shape index (κ1) is 13.5. The maximum absolute atomic E-state index is 11.9. The van der Waals surface area contributed by atoms with Gasteiger partial charge in [-0.15, -0.1) is 5.10 Å². The number of anilines is 1. The molecule has 0 aromatic carbocycles. The zero-order valence-corrected chi connectivity index (χ0v) is 10.8. The number of aromatic carboxylic acids is 1. The van der Waals surface area contributed by atoms with E-state index >= 15 is 0 Å². The third-order valence-electron chi connectivity index (χ3n) is 2.52. The summed E-state index contributed by atoms with van der Waals surface area (Å²) in [7, 11) is 0. The van der Waals surface area contributed by atoms with E-state index in [0.29, 0.717) is 11.4 Å². The molecular weight excluding hydrogens is 262 g/mol. The van der Waals surface area contributed by atoms with Crippen LogP contribution < -0.4 is 5.32 Å². The minimum absolute atomic E-state index is 0.0354. The topological polar surface area (TPSA) is 118 Å². The number of rotatable bonds is 3. The molecule has 2 rings (SSSR count). The molecule has 0 radical (unpaired) electrons. The highest BCUT2D eigenvalue weighted by Gasteiger charge is 2.13. The smallest absolute Gasteiger partial charge is 0.354 e. The summed E-state index contributed by atoms with van der Waals surface area (Å²) in [5.41, 5.74) is 1.06. The summed E-state index contributed by atoms with van der Waals surface area (Å²) in [5.74, 6) is -1.76. The Labute approximate surface area is 113 Å². The minimum atomic E-state index is -1.20. The van der Waals surface area contributed by atoms with Gasteiger partial charge in [0, 0.05) is 0 Å². The Morgan fingerprint density at radius 1 is 1.05 bits per heavy atom. The SMILES string of the molecule is Cc1nnc(NC(=O)c2cccc(C(=O)O)n2)nc1C. The number of aryl methyl sites for hydroxylation is 2. The number of pyridine rings is 1. The molecule has 8 nitrogen and oxygen atoms in total. The average molecular weight is 273 g/mol. The van der Waals surface area contributed by atoms with Crippen molar-refractivity contribution in [3.05, 3.63) is 41.0 Å². The molecule has 0 aliphatic heterocycles. The summed E-state index contributed by atoms with van der Waals surface area (Å²) in [6.07, 6.45) is 0. The van der Waals surface area contributed by atoms with E-state index in [0.717, 1.165) is 0 Å². The van der Waals surface area contributed by atoms with Gasteiger partial charge in [-0.3, -0.25) is 10.1 Å². The Morgan fingerprint density at radius 3 is 2.40 bits per heavy atom. The molecule has 0 fully saturated rings. The number of amides is 1. The summed E-state index contributed by atoms with van der Waals surface area (Å²) in [6.45, 7) is 3.49. The van der Waals surface area contributed by atoms with E-state index in [2.05, 4.69) is 25.5 Å². The number of nitrogens with zero attached hydrogens (tertiary/aromatic N) is 4. The number of nitrogens with one attached hydrogen (secondary N) is 1. The van der Waals surface area contributed by atoms with Crippen LogP contribution in [0.15, 0.2) is 18.2 Å². The fourth-order valence-corrected chi connectivity index (χ4v) is 1.36. The fraction of sp³-hybridized carbons (Fsp3) is 0.167. The van der Waals surface area contributed by atoms with Gasteiger partial charge in [0.1, 0.15) is 11.4 Å². The van der Waals surface area contributed by atoms with E-state index in [1.54, 1.807) is 13.8 Å². The summed E-state index contributed by atoms with van der Waals surface area (Å²) in [4.78, 5) is 30.5. The lowest BCUT2D eigenvalue weighted by molar-refractivity contribution is 0.0690. The highest BCUT2D eigenvalue weighted by atomic mass is 16.4. The second-order valence-electron chi connectivity index (χ2n) is 3.97. The molecular formula is C12H11N5O3. The Morgan fingerprint density at radius 2 is 1.75 bits per heavy atom. The third-order valence-corrected chi connectivity index (χ3v) is 2.52. The molecule has 0 aliphatic rings. The average Bonchev–Trinajstić information content (AvgIpc) is 2.43. The van der Waals surface area contributed by atoms with Gasteiger partial charge in [0.05, 0.1) is 11.4 Å². The van der Waals surface area contributed by atoms with Crippen LogP contribution in [0.25, 0.3) is 0 Å². The summed E-state index contributed by atoms with van der Waals surface area (Å²) in [6, 6.07) is 4.13. The molecule has 2 heterocycles. The summed E-state index contributed by atoms with van der Waals surface area (Å²) < 4.78 is 0. The molecule has 1 amide bonds. The minimum Gasteiger partial charge on any atom is -0.477 e. The Hall–Kier alpha value is -2.90. The normalized spacial score (nSPS) is 10.1. The molecule has 2 aromatic heterocycles. The Bertz CT molecular complexity index is 687. The number of carboxylic acids is 1. The van der Waals surface area contributed by atoms with Gasteiger partial charge in [-0.05, 0) is 26.0 Å². The molecule has 0 saturated carbocycles. The van der Waals surface area contributed by atoms with Gasteiger partial charge >= 0.3 is 5.97 Å². The molecule has 0 unspecified atom stereocenters. The van der Waals surface area contributed by atoms with Gasteiger partial charge in [-0.25, -0.2) is 14.8 Å². The van der Waals surface area contributed by atoms with Crippen LogP contribution in [0.5, 0.6) is 0 Å². The largest absolute Gasteiger partial charge is 0.477 e. The molecule has 102 valence electrons. The van der Waals surface area contributed by atoms with Crippen molar-refractivity contribution in [3.8, 4) is 0 Å². The number of aromatic nitrogens is 4. The van der Waals surface area contributed by atoms with Gasteiger partial charge in [0.25, 0.3) is 5.91 Å². The van der Waals surface area contributed by atoms with Crippen LogP contribution in [0.1, 0.15) is 32.4 Å². The van der Waals surface area contributed by atoms with E-state index in [4.69, 9.17) is 5.11 Å². The number of carboxylic acid groups (broad SMARTS) is 1. The van der Waals surface area contributed by atoms with Crippen LogP contribution in [0.2, 0.25) is 0 Å². The number of hydrogen-bond acceptors (Lipinski definition) is 6. The van der Waals surface area contributed by atoms with Gasteiger partial charge in [0.2, 0.25) is 5.95 Å². The van der Waals surface area contributed by atoms with Crippen LogP contribution in [0, 0.1) is 13.8 Å².